The number of rotatable bonds is 5. The zero-order chi connectivity index (χ0) is 21.1. The lowest BCUT2D eigenvalue weighted by Crippen LogP contribution is -2.55. The molecule has 1 amide bonds. The van der Waals surface area contributed by atoms with Crippen molar-refractivity contribution in [1.29, 1.82) is 0 Å². The number of amides is 1. The van der Waals surface area contributed by atoms with Crippen molar-refractivity contribution in [1.82, 2.24) is 20.0 Å². The third kappa shape index (κ3) is 3.99. The number of morpholine rings is 1. The molecule has 0 aliphatic carbocycles. The highest BCUT2D eigenvalue weighted by Gasteiger charge is 2.29. The van der Waals surface area contributed by atoms with Gasteiger partial charge in [0.2, 0.25) is 0 Å². The van der Waals surface area contributed by atoms with Crippen LogP contribution in [0.25, 0.3) is 16.5 Å². The van der Waals surface area contributed by atoms with Crippen LogP contribution in [0.2, 0.25) is 0 Å². The molecule has 1 saturated heterocycles. The molecule has 0 saturated carbocycles. The van der Waals surface area contributed by atoms with Gasteiger partial charge in [-0.15, -0.1) is 0 Å². The number of carbonyl (C=O) groups is 1. The highest BCUT2D eigenvalue weighted by Crippen LogP contribution is 2.17. The fourth-order valence-electron chi connectivity index (χ4n) is 3.76. The topological polar surface area (TPSA) is 76.5 Å². The average Bonchev–Trinajstić information content (AvgIpc) is 2.79. The van der Waals surface area contributed by atoms with E-state index in [1.165, 1.54) is 4.68 Å². The van der Waals surface area contributed by atoms with Crippen LogP contribution in [0.15, 0.2) is 59.4 Å². The number of para-hydroxylation sites is 1. The summed E-state index contributed by atoms with van der Waals surface area (Å²) in [5.41, 5.74) is 0.396. The monoisotopic (exact) mass is 406 g/mol. The van der Waals surface area contributed by atoms with Crippen molar-refractivity contribution < 1.29 is 9.53 Å². The Morgan fingerprint density at radius 2 is 1.67 bits per heavy atom. The first kappa shape index (κ1) is 20.3. The number of aromatic nitrogens is 2. The maximum atomic E-state index is 13.2. The summed E-state index contributed by atoms with van der Waals surface area (Å²) in [5, 5.41) is 8.49. The van der Waals surface area contributed by atoms with E-state index >= 15 is 0 Å². The molecular weight excluding hydrogens is 380 g/mol. The molecule has 7 nitrogen and oxygen atoms in total. The van der Waals surface area contributed by atoms with Gasteiger partial charge >= 0.3 is 0 Å². The van der Waals surface area contributed by atoms with Crippen LogP contribution in [-0.4, -0.2) is 59.0 Å². The summed E-state index contributed by atoms with van der Waals surface area (Å²) in [6.07, 6.45) is 0. The smallest absolute Gasteiger partial charge is 0.279 e. The van der Waals surface area contributed by atoms with Crippen LogP contribution >= 0.6 is 0 Å². The number of nitrogens with zero attached hydrogens (tertiary/aromatic N) is 3. The van der Waals surface area contributed by atoms with Crippen LogP contribution in [0, 0.1) is 0 Å². The van der Waals surface area contributed by atoms with Gasteiger partial charge in [-0.25, -0.2) is 0 Å². The summed E-state index contributed by atoms with van der Waals surface area (Å²) >= 11 is 0. The molecule has 3 aromatic rings. The van der Waals surface area contributed by atoms with Crippen molar-refractivity contribution in [2.75, 3.05) is 32.8 Å². The summed E-state index contributed by atoms with van der Waals surface area (Å²) in [7, 11) is 0. The second-order valence-electron chi connectivity index (χ2n) is 8.04. The van der Waals surface area contributed by atoms with Crippen molar-refractivity contribution in [2.45, 2.75) is 19.4 Å². The fraction of sp³-hybridized carbons (Fsp3) is 0.348. The Morgan fingerprint density at radius 3 is 2.37 bits per heavy atom. The number of carbonyl (C=O) groups excluding carboxylic acids is 1. The SMILES string of the molecule is CC(C)(CNC(=O)c1nn(-c2ccccc2)c(=O)c2ccccc12)N1CCOCC1. The Bertz CT molecular complexity index is 1100. The van der Waals surface area contributed by atoms with E-state index in [4.69, 9.17) is 4.74 Å². The van der Waals surface area contributed by atoms with Gasteiger partial charge in [0.1, 0.15) is 0 Å². The number of hydrogen-bond acceptors (Lipinski definition) is 5. The van der Waals surface area contributed by atoms with Crippen LogP contribution in [0.3, 0.4) is 0 Å². The third-order valence-corrected chi connectivity index (χ3v) is 5.57. The molecule has 4 rings (SSSR count). The standard InChI is InChI=1S/C23H26N4O3/c1-23(2,26-12-14-30-15-13-26)16-24-21(28)20-18-10-6-7-11-19(18)22(29)27(25-20)17-8-4-3-5-9-17/h3-11H,12-16H2,1-2H3,(H,24,28). The number of hydrogen-bond donors (Lipinski definition) is 1. The Balaban J connectivity index is 1.67. The molecule has 0 spiro atoms. The molecule has 1 aromatic heterocycles. The minimum Gasteiger partial charge on any atom is -0.379 e. The van der Waals surface area contributed by atoms with E-state index in [2.05, 4.69) is 29.2 Å². The van der Waals surface area contributed by atoms with Gasteiger partial charge in [-0.1, -0.05) is 36.4 Å². The highest BCUT2D eigenvalue weighted by atomic mass is 16.5. The molecule has 2 heterocycles. The van der Waals surface area contributed by atoms with E-state index in [9.17, 15) is 9.59 Å². The molecule has 0 bridgehead atoms. The summed E-state index contributed by atoms with van der Waals surface area (Å²) in [5.74, 6) is -0.294. The van der Waals surface area contributed by atoms with Gasteiger partial charge in [-0.3, -0.25) is 14.5 Å². The van der Waals surface area contributed by atoms with Gasteiger partial charge in [0, 0.05) is 30.6 Å². The zero-order valence-electron chi connectivity index (χ0n) is 17.3. The van der Waals surface area contributed by atoms with Crippen molar-refractivity contribution in [2.24, 2.45) is 0 Å². The van der Waals surface area contributed by atoms with Gasteiger partial charge in [0.15, 0.2) is 5.69 Å². The second kappa shape index (κ2) is 8.38. The van der Waals surface area contributed by atoms with E-state index in [-0.39, 0.29) is 22.7 Å². The van der Waals surface area contributed by atoms with Crippen LogP contribution in [0.1, 0.15) is 24.3 Å². The maximum absolute atomic E-state index is 13.2. The summed E-state index contributed by atoms with van der Waals surface area (Å²) < 4.78 is 6.73. The highest BCUT2D eigenvalue weighted by molar-refractivity contribution is 6.04. The van der Waals surface area contributed by atoms with E-state index in [0.29, 0.717) is 36.2 Å². The van der Waals surface area contributed by atoms with Crippen LogP contribution < -0.4 is 10.9 Å². The van der Waals surface area contributed by atoms with Gasteiger partial charge in [0.25, 0.3) is 11.5 Å². The van der Waals surface area contributed by atoms with E-state index in [0.717, 1.165) is 13.1 Å². The summed E-state index contributed by atoms with van der Waals surface area (Å²) in [6.45, 7) is 7.75. The predicted molar refractivity (Wildman–Crippen MR) is 116 cm³/mol. The van der Waals surface area contributed by atoms with Gasteiger partial charge in [0.05, 0.1) is 24.3 Å². The molecule has 1 fully saturated rings. The molecule has 30 heavy (non-hydrogen) atoms. The predicted octanol–water partition coefficient (Wildman–Crippen LogP) is 2.23. The first-order valence-electron chi connectivity index (χ1n) is 10.2. The Hall–Kier alpha value is -3.03. The fourth-order valence-corrected chi connectivity index (χ4v) is 3.76. The zero-order valence-corrected chi connectivity index (χ0v) is 17.3. The van der Waals surface area contributed by atoms with Gasteiger partial charge < -0.3 is 10.1 Å². The molecule has 0 unspecified atom stereocenters. The van der Waals surface area contributed by atoms with Crippen molar-refractivity contribution in [3.8, 4) is 5.69 Å². The second-order valence-corrected chi connectivity index (χ2v) is 8.04. The van der Waals surface area contributed by atoms with Gasteiger partial charge in [-0.2, -0.15) is 9.78 Å². The number of fused-ring (bicyclic) bond motifs is 1. The number of nitrogens with one attached hydrogen (secondary N) is 1. The third-order valence-electron chi connectivity index (χ3n) is 5.57. The van der Waals surface area contributed by atoms with E-state index < -0.39 is 0 Å². The first-order chi connectivity index (χ1) is 14.5. The molecule has 7 heteroatoms. The largest absolute Gasteiger partial charge is 0.379 e. The van der Waals surface area contributed by atoms with Gasteiger partial charge in [-0.05, 0) is 32.0 Å². The lowest BCUT2D eigenvalue weighted by molar-refractivity contribution is -0.00924. The first-order valence-corrected chi connectivity index (χ1v) is 10.2. The Morgan fingerprint density at radius 1 is 1.03 bits per heavy atom. The lowest BCUT2D eigenvalue weighted by atomic mass is 10.0. The van der Waals surface area contributed by atoms with Crippen molar-refractivity contribution >= 4 is 16.7 Å². The molecule has 1 aliphatic heterocycles. The maximum Gasteiger partial charge on any atom is 0.279 e. The molecular formula is C23H26N4O3. The number of benzene rings is 2. The molecule has 2 aromatic carbocycles. The molecule has 1 N–H and O–H groups in total. The average molecular weight is 406 g/mol. The minimum atomic E-state index is -0.294. The summed E-state index contributed by atoms with van der Waals surface area (Å²) in [6, 6.07) is 16.2. The van der Waals surface area contributed by atoms with Crippen LogP contribution in [-0.2, 0) is 4.74 Å². The molecule has 1 aliphatic rings. The van der Waals surface area contributed by atoms with Crippen LogP contribution in [0.4, 0.5) is 0 Å². The molecule has 156 valence electrons. The minimum absolute atomic E-state index is 0.219. The van der Waals surface area contributed by atoms with E-state index in [1.807, 2.05) is 24.3 Å². The van der Waals surface area contributed by atoms with Crippen molar-refractivity contribution in [3.05, 3.63) is 70.6 Å². The molecule has 0 atom stereocenters. The quantitative estimate of drug-likeness (QED) is 0.703. The molecule has 0 radical (unpaired) electrons. The number of ether oxygens (including phenoxy) is 1. The Kier molecular flexibility index (Phi) is 5.65. The Labute approximate surface area is 175 Å². The van der Waals surface area contributed by atoms with Crippen molar-refractivity contribution in [3.63, 3.8) is 0 Å². The summed E-state index contributed by atoms with van der Waals surface area (Å²) in [4.78, 5) is 28.4. The normalized spacial score (nSPS) is 15.3. The lowest BCUT2D eigenvalue weighted by Gasteiger charge is -2.40. The van der Waals surface area contributed by atoms with Crippen LogP contribution in [0.5, 0.6) is 0 Å². The van der Waals surface area contributed by atoms with E-state index in [1.54, 1.807) is 30.3 Å².